The SMILES string of the molecule is NC1(COCc2ccsc2)CCCC1. The summed E-state index contributed by atoms with van der Waals surface area (Å²) >= 11 is 1.71. The van der Waals surface area contributed by atoms with E-state index in [9.17, 15) is 0 Å². The van der Waals surface area contributed by atoms with Gasteiger partial charge in [-0.15, -0.1) is 0 Å². The summed E-state index contributed by atoms with van der Waals surface area (Å²) in [6.07, 6.45) is 4.77. The Morgan fingerprint density at radius 1 is 1.43 bits per heavy atom. The molecule has 1 aliphatic carbocycles. The van der Waals surface area contributed by atoms with Crippen LogP contribution in [0.3, 0.4) is 0 Å². The largest absolute Gasteiger partial charge is 0.375 e. The summed E-state index contributed by atoms with van der Waals surface area (Å²) < 4.78 is 5.65. The van der Waals surface area contributed by atoms with Crippen LogP contribution < -0.4 is 5.73 Å². The molecule has 14 heavy (non-hydrogen) atoms. The molecule has 1 aliphatic rings. The van der Waals surface area contributed by atoms with E-state index in [1.807, 2.05) is 0 Å². The fourth-order valence-electron chi connectivity index (χ4n) is 1.97. The molecule has 2 nitrogen and oxygen atoms in total. The molecule has 2 N–H and O–H groups in total. The fourth-order valence-corrected chi connectivity index (χ4v) is 2.62. The first-order valence-electron chi connectivity index (χ1n) is 5.16. The van der Waals surface area contributed by atoms with Crippen molar-refractivity contribution in [2.75, 3.05) is 6.61 Å². The van der Waals surface area contributed by atoms with Gasteiger partial charge in [-0.05, 0) is 35.2 Å². The quantitative estimate of drug-likeness (QED) is 0.830. The fraction of sp³-hybridized carbons (Fsp3) is 0.636. The van der Waals surface area contributed by atoms with E-state index < -0.39 is 0 Å². The second-order valence-electron chi connectivity index (χ2n) is 4.19. The lowest BCUT2D eigenvalue weighted by atomic mass is 10.0. The van der Waals surface area contributed by atoms with Gasteiger partial charge in [-0.1, -0.05) is 12.8 Å². The zero-order valence-electron chi connectivity index (χ0n) is 8.37. The Morgan fingerprint density at radius 2 is 2.21 bits per heavy atom. The Hall–Kier alpha value is -0.380. The van der Waals surface area contributed by atoms with Crippen molar-refractivity contribution in [2.24, 2.45) is 5.73 Å². The lowest BCUT2D eigenvalue weighted by Crippen LogP contribution is -2.41. The molecule has 1 heterocycles. The number of rotatable bonds is 4. The molecule has 0 aliphatic heterocycles. The number of hydrogen-bond donors (Lipinski definition) is 1. The molecular formula is C11H17NOS. The summed E-state index contributed by atoms with van der Waals surface area (Å²) in [7, 11) is 0. The van der Waals surface area contributed by atoms with Gasteiger partial charge >= 0.3 is 0 Å². The molecule has 0 atom stereocenters. The van der Waals surface area contributed by atoms with E-state index in [2.05, 4.69) is 16.8 Å². The molecule has 0 bridgehead atoms. The maximum atomic E-state index is 6.18. The van der Waals surface area contributed by atoms with Crippen molar-refractivity contribution < 1.29 is 4.74 Å². The molecule has 2 rings (SSSR count). The third-order valence-corrected chi connectivity index (χ3v) is 3.57. The molecule has 1 fully saturated rings. The first kappa shape index (κ1) is 10.1. The normalized spacial score (nSPS) is 20.1. The highest BCUT2D eigenvalue weighted by Gasteiger charge is 2.29. The van der Waals surface area contributed by atoms with Gasteiger partial charge in [0.2, 0.25) is 0 Å². The van der Waals surface area contributed by atoms with Crippen molar-refractivity contribution >= 4 is 11.3 Å². The summed E-state index contributed by atoms with van der Waals surface area (Å²) in [5.74, 6) is 0. The average Bonchev–Trinajstić information content (AvgIpc) is 2.77. The zero-order valence-corrected chi connectivity index (χ0v) is 9.19. The standard InChI is InChI=1S/C11H17NOS/c12-11(4-1-2-5-11)9-13-7-10-3-6-14-8-10/h3,6,8H,1-2,4-5,7,9,12H2. The molecule has 0 saturated heterocycles. The summed E-state index contributed by atoms with van der Waals surface area (Å²) in [4.78, 5) is 0. The van der Waals surface area contributed by atoms with Crippen molar-refractivity contribution in [1.29, 1.82) is 0 Å². The van der Waals surface area contributed by atoms with E-state index in [1.54, 1.807) is 11.3 Å². The van der Waals surface area contributed by atoms with Crippen LogP contribution in [0.4, 0.5) is 0 Å². The van der Waals surface area contributed by atoms with Crippen LogP contribution in [0.25, 0.3) is 0 Å². The summed E-state index contributed by atoms with van der Waals surface area (Å²) in [6, 6.07) is 2.10. The highest BCUT2D eigenvalue weighted by atomic mass is 32.1. The van der Waals surface area contributed by atoms with Crippen molar-refractivity contribution in [3.8, 4) is 0 Å². The monoisotopic (exact) mass is 211 g/mol. The molecule has 3 heteroatoms. The van der Waals surface area contributed by atoms with Gasteiger partial charge in [0.05, 0.1) is 13.2 Å². The van der Waals surface area contributed by atoms with Gasteiger partial charge in [0.15, 0.2) is 0 Å². The van der Waals surface area contributed by atoms with Gasteiger partial charge in [0.25, 0.3) is 0 Å². The van der Waals surface area contributed by atoms with E-state index in [4.69, 9.17) is 10.5 Å². The Bertz CT molecular complexity index is 265. The lowest BCUT2D eigenvalue weighted by molar-refractivity contribution is 0.0753. The third-order valence-electron chi connectivity index (χ3n) is 2.84. The first-order chi connectivity index (χ1) is 6.79. The minimum atomic E-state index is -0.0317. The molecule has 0 amide bonds. The summed E-state index contributed by atoms with van der Waals surface area (Å²) in [6.45, 7) is 1.42. The molecular weight excluding hydrogens is 194 g/mol. The van der Waals surface area contributed by atoms with E-state index in [0.29, 0.717) is 13.2 Å². The summed E-state index contributed by atoms with van der Waals surface area (Å²) in [5.41, 5.74) is 7.41. The Labute approximate surface area is 89.1 Å². The van der Waals surface area contributed by atoms with Crippen molar-refractivity contribution in [1.82, 2.24) is 0 Å². The number of hydrogen-bond acceptors (Lipinski definition) is 3. The third kappa shape index (κ3) is 2.56. The summed E-state index contributed by atoms with van der Waals surface area (Å²) in [5, 5.41) is 4.20. The smallest absolute Gasteiger partial charge is 0.0725 e. The molecule has 1 aromatic rings. The van der Waals surface area contributed by atoms with Crippen LogP contribution in [0.15, 0.2) is 16.8 Å². The molecule has 1 saturated carbocycles. The van der Waals surface area contributed by atoms with Crippen LogP contribution in [-0.4, -0.2) is 12.1 Å². The van der Waals surface area contributed by atoms with Crippen LogP contribution in [0.2, 0.25) is 0 Å². The molecule has 1 aromatic heterocycles. The van der Waals surface area contributed by atoms with Crippen LogP contribution >= 0.6 is 11.3 Å². The lowest BCUT2D eigenvalue weighted by Gasteiger charge is -2.22. The Balaban J connectivity index is 1.72. The molecule has 0 radical (unpaired) electrons. The van der Waals surface area contributed by atoms with E-state index >= 15 is 0 Å². The molecule has 0 unspecified atom stereocenters. The van der Waals surface area contributed by atoms with Gasteiger partial charge in [-0.2, -0.15) is 11.3 Å². The Kier molecular flexibility index (Phi) is 3.21. The van der Waals surface area contributed by atoms with Gasteiger partial charge in [-0.3, -0.25) is 0 Å². The van der Waals surface area contributed by atoms with Crippen molar-refractivity contribution in [2.45, 2.75) is 37.8 Å². The average molecular weight is 211 g/mol. The van der Waals surface area contributed by atoms with E-state index in [0.717, 1.165) is 12.8 Å². The maximum absolute atomic E-state index is 6.18. The maximum Gasteiger partial charge on any atom is 0.0725 e. The van der Waals surface area contributed by atoms with Gasteiger partial charge < -0.3 is 10.5 Å². The van der Waals surface area contributed by atoms with Gasteiger partial charge in [0.1, 0.15) is 0 Å². The minimum absolute atomic E-state index is 0.0317. The number of thiophene rings is 1. The first-order valence-corrected chi connectivity index (χ1v) is 6.11. The van der Waals surface area contributed by atoms with Crippen molar-refractivity contribution in [3.05, 3.63) is 22.4 Å². The van der Waals surface area contributed by atoms with Crippen LogP contribution in [0.1, 0.15) is 31.2 Å². The molecule has 0 spiro atoms. The Morgan fingerprint density at radius 3 is 2.86 bits per heavy atom. The highest BCUT2D eigenvalue weighted by molar-refractivity contribution is 7.07. The van der Waals surface area contributed by atoms with Crippen molar-refractivity contribution in [3.63, 3.8) is 0 Å². The van der Waals surface area contributed by atoms with Crippen LogP contribution in [0, 0.1) is 0 Å². The molecule has 0 aromatic carbocycles. The van der Waals surface area contributed by atoms with E-state index in [1.165, 1.54) is 18.4 Å². The topological polar surface area (TPSA) is 35.2 Å². The minimum Gasteiger partial charge on any atom is -0.375 e. The highest BCUT2D eigenvalue weighted by Crippen LogP contribution is 2.27. The van der Waals surface area contributed by atoms with Crippen LogP contribution in [-0.2, 0) is 11.3 Å². The molecule has 78 valence electrons. The van der Waals surface area contributed by atoms with Crippen LogP contribution in [0.5, 0.6) is 0 Å². The predicted octanol–water partition coefficient (Wildman–Crippen LogP) is 2.54. The predicted molar refractivity (Wildman–Crippen MR) is 59.4 cm³/mol. The second kappa shape index (κ2) is 4.43. The zero-order chi connectivity index (χ0) is 9.86. The van der Waals surface area contributed by atoms with Gasteiger partial charge in [-0.25, -0.2) is 0 Å². The second-order valence-corrected chi connectivity index (χ2v) is 4.97. The van der Waals surface area contributed by atoms with E-state index in [-0.39, 0.29) is 5.54 Å². The number of nitrogens with two attached hydrogens (primary N) is 1. The number of ether oxygens (including phenoxy) is 1. The van der Waals surface area contributed by atoms with Gasteiger partial charge in [0, 0.05) is 5.54 Å².